The van der Waals surface area contributed by atoms with Gasteiger partial charge in [0.15, 0.2) is 0 Å². The van der Waals surface area contributed by atoms with Gasteiger partial charge in [0.05, 0.1) is 5.92 Å². The number of hydroxylamine groups is 1. The molecule has 0 radical (unpaired) electrons. The molecule has 2 rings (SSSR count). The summed E-state index contributed by atoms with van der Waals surface area (Å²) >= 11 is 0. The molecule has 9 nitrogen and oxygen atoms in total. The summed E-state index contributed by atoms with van der Waals surface area (Å²) < 4.78 is 0. The smallest absolute Gasteiger partial charge is 0.266 e. The van der Waals surface area contributed by atoms with Gasteiger partial charge in [-0.25, -0.2) is 5.48 Å². The Morgan fingerprint density at radius 1 is 0.824 bits per heavy atom. The van der Waals surface area contributed by atoms with Crippen molar-refractivity contribution in [2.45, 2.75) is 44.7 Å². The number of benzene rings is 2. The van der Waals surface area contributed by atoms with Crippen molar-refractivity contribution in [3.63, 3.8) is 0 Å². The van der Waals surface area contributed by atoms with Crippen molar-refractivity contribution < 1.29 is 24.4 Å². The topological polar surface area (TPSA) is 137 Å². The number of amides is 4. The molecule has 2 aromatic carbocycles. The molecule has 4 amide bonds. The molecule has 0 unspecified atom stereocenters. The van der Waals surface area contributed by atoms with Gasteiger partial charge in [-0.3, -0.25) is 24.4 Å². The molecule has 9 heteroatoms. The first-order chi connectivity index (χ1) is 16.3. The molecule has 5 N–H and O–H groups in total. The molecule has 0 heterocycles. The monoisotopic (exact) mass is 468 g/mol. The van der Waals surface area contributed by atoms with Gasteiger partial charge in [-0.2, -0.15) is 0 Å². The second-order valence-electron chi connectivity index (χ2n) is 8.00. The maximum Gasteiger partial charge on any atom is 0.266 e. The number of hydrogen-bond donors (Lipinski definition) is 5. The van der Waals surface area contributed by atoms with E-state index < -0.39 is 35.7 Å². The molecular weight excluding hydrogens is 436 g/mol. The Balaban J connectivity index is 2.23. The molecule has 0 aliphatic rings. The molecule has 0 aromatic heterocycles. The van der Waals surface area contributed by atoms with E-state index in [0.717, 1.165) is 11.1 Å². The quantitative estimate of drug-likeness (QED) is 0.235. The molecule has 0 saturated heterocycles. The highest BCUT2D eigenvalue weighted by Crippen LogP contribution is 2.17. The summed E-state index contributed by atoms with van der Waals surface area (Å²) in [6, 6.07) is 16.7. The Morgan fingerprint density at radius 3 is 1.94 bits per heavy atom. The van der Waals surface area contributed by atoms with E-state index in [0.29, 0.717) is 12.8 Å². The van der Waals surface area contributed by atoms with Crippen molar-refractivity contribution in [1.29, 1.82) is 0 Å². The van der Waals surface area contributed by atoms with Crippen molar-refractivity contribution in [2.75, 3.05) is 7.05 Å². The Kier molecular flexibility index (Phi) is 10.7. The van der Waals surface area contributed by atoms with Crippen LogP contribution in [0, 0.1) is 5.92 Å². The SMILES string of the molecule is CNC(=O)[C@H](Cc1ccccc1)NC(=O)[C@H](CCCc1ccccc1)[C@@H](NC(C)=O)C(=O)NO. The van der Waals surface area contributed by atoms with Crippen molar-refractivity contribution in [3.8, 4) is 0 Å². The van der Waals surface area contributed by atoms with Gasteiger partial charge in [0.2, 0.25) is 17.7 Å². The van der Waals surface area contributed by atoms with Gasteiger partial charge in [-0.1, -0.05) is 60.7 Å². The van der Waals surface area contributed by atoms with Crippen LogP contribution in [0.1, 0.15) is 30.9 Å². The summed E-state index contributed by atoms with van der Waals surface area (Å²) in [4.78, 5) is 49.9. The number of carbonyl (C=O) groups excluding carboxylic acids is 4. The molecule has 0 saturated carbocycles. The van der Waals surface area contributed by atoms with Crippen molar-refractivity contribution in [1.82, 2.24) is 21.4 Å². The van der Waals surface area contributed by atoms with E-state index in [1.165, 1.54) is 19.5 Å². The lowest BCUT2D eigenvalue weighted by Gasteiger charge is -2.27. The molecule has 0 fully saturated rings. The lowest BCUT2D eigenvalue weighted by atomic mass is 9.90. The van der Waals surface area contributed by atoms with Gasteiger partial charge in [-0.15, -0.1) is 0 Å². The van der Waals surface area contributed by atoms with E-state index in [9.17, 15) is 24.4 Å². The van der Waals surface area contributed by atoms with E-state index >= 15 is 0 Å². The van der Waals surface area contributed by atoms with E-state index in [4.69, 9.17) is 0 Å². The fraction of sp³-hybridized carbons (Fsp3) is 0.360. The Bertz CT molecular complexity index is 952. The Morgan fingerprint density at radius 2 is 1.41 bits per heavy atom. The van der Waals surface area contributed by atoms with Gasteiger partial charge in [0.25, 0.3) is 5.91 Å². The number of likely N-dealkylation sites (N-methyl/N-ethyl adjacent to an activating group) is 1. The van der Waals surface area contributed by atoms with Crippen LogP contribution >= 0.6 is 0 Å². The average Bonchev–Trinajstić information content (AvgIpc) is 2.85. The first-order valence-electron chi connectivity index (χ1n) is 11.2. The van der Waals surface area contributed by atoms with Crippen LogP contribution in [0.5, 0.6) is 0 Å². The maximum atomic E-state index is 13.3. The summed E-state index contributed by atoms with van der Waals surface area (Å²) in [6.45, 7) is 1.22. The number of aryl methyl sites for hydroxylation is 1. The first-order valence-corrected chi connectivity index (χ1v) is 11.2. The normalized spacial score (nSPS) is 13.1. The third kappa shape index (κ3) is 8.32. The Labute approximate surface area is 199 Å². The molecule has 0 aliphatic carbocycles. The van der Waals surface area contributed by atoms with Gasteiger partial charge in [0.1, 0.15) is 12.1 Å². The summed E-state index contributed by atoms with van der Waals surface area (Å²) in [5.74, 6) is -3.40. The second-order valence-corrected chi connectivity index (χ2v) is 8.00. The molecule has 34 heavy (non-hydrogen) atoms. The number of nitrogens with one attached hydrogen (secondary N) is 4. The van der Waals surface area contributed by atoms with Crippen LogP contribution in [0.3, 0.4) is 0 Å². The minimum atomic E-state index is -1.31. The van der Waals surface area contributed by atoms with Gasteiger partial charge in [-0.05, 0) is 30.4 Å². The lowest BCUT2D eigenvalue weighted by Crippen LogP contribution is -2.56. The summed E-state index contributed by atoms with van der Waals surface area (Å²) in [5, 5.41) is 16.9. The summed E-state index contributed by atoms with van der Waals surface area (Å²) in [6.07, 6.45) is 1.69. The van der Waals surface area contributed by atoms with Crippen LogP contribution in [-0.2, 0) is 32.0 Å². The molecule has 0 spiro atoms. The highest BCUT2D eigenvalue weighted by Gasteiger charge is 2.35. The van der Waals surface area contributed by atoms with E-state index in [2.05, 4.69) is 16.0 Å². The van der Waals surface area contributed by atoms with Crippen LogP contribution in [0.15, 0.2) is 60.7 Å². The largest absolute Gasteiger partial charge is 0.357 e. The van der Waals surface area contributed by atoms with Crippen LogP contribution in [-0.4, -0.2) is 48.0 Å². The third-order valence-corrected chi connectivity index (χ3v) is 5.48. The highest BCUT2D eigenvalue weighted by atomic mass is 16.5. The third-order valence-electron chi connectivity index (χ3n) is 5.48. The zero-order valence-corrected chi connectivity index (χ0v) is 19.4. The predicted molar refractivity (Wildman–Crippen MR) is 127 cm³/mol. The summed E-state index contributed by atoms with van der Waals surface area (Å²) in [7, 11) is 1.48. The van der Waals surface area contributed by atoms with E-state index in [1.807, 2.05) is 60.7 Å². The molecule has 182 valence electrons. The van der Waals surface area contributed by atoms with Gasteiger partial charge >= 0.3 is 0 Å². The molecular formula is C25H32N4O5. The zero-order chi connectivity index (χ0) is 24.9. The minimum Gasteiger partial charge on any atom is -0.357 e. The van der Waals surface area contributed by atoms with Crippen molar-refractivity contribution >= 4 is 23.6 Å². The van der Waals surface area contributed by atoms with E-state index in [-0.39, 0.29) is 18.7 Å². The zero-order valence-electron chi connectivity index (χ0n) is 19.4. The summed E-state index contributed by atoms with van der Waals surface area (Å²) in [5.41, 5.74) is 3.44. The number of hydrogen-bond acceptors (Lipinski definition) is 5. The molecule has 3 atom stereocenters. The van der Waals surface area contributed by atoms with Crippen molar-refractivity contribution in [3.05, 3.63) is 71.8 Å². The fourth-order valence-electron chi connectivity index (χ4n) is 3.77. The van der Waals surface area contributed by atoms with Crippen LogP contribution in [0.25, 0.3) is 0 Å². The maximum absolute atomic E-state index is 13.3. The second kappa shape index (κ2) is 13.7. The molecule has 0 aliphatic heterocycles. The molecule has 0 bridgehead atoms. The lowest BCUT2D eigenvalue weighted by molar-refractivity contribution is -0.140. The predicted octanol–water partition coefficient (Wildman–Crippen LogP) is 1.11. The van der Waals surface area contributed by atoms with Crippen LogP contribution in [0.4, 0.5) is 0 Å². The fourth-order valence-corrected chi connectivity index (χ4v) is 3.77. The van der Waals surface area contributed by atoms with Crippen LogP contribution < -0.4 is 21.4 Å². The van der Waals surface area contributed by atoms with Gasteiger partial charge in [0, 0.05) is 20.4 Å². The number of carbonyl (C=O) groups is 4. The first kappa shape index (κ1) is 26.5. The van der Waals surface area contributed by atoms with Gasteiger partial charge < -0.3 is 16.0 Å². The van der Waals surface area contributed by atoms with E-state index in [1.54, 1.807) is 0 Å². The minimum absolute atomic E-state index is 0.241. The van der Waals surface area contributed by atoms with Crippen LogP contribution in [0.2, 0.25) is 0 Å². The van der Waals surface area contributed by atoms with Crippen molar-refractivity contribution in [2.24, 2.45) is 5.92 Å². The standard InChI is InChI=1S/C25H32N4O5/c1-17(30)27-22(25(33)29-34)20(15-9-14-18-10-5-3-6-11-18)23(31)28-21(24(32)26-2)16-19-12-7-4-8-13-19/h3-8,10-13,20-22,34H,9,14-16H2,1-2H3,(H,26,32)(H,27,30)(H,28,31)(H,29,33)/t20-,21+,22-/m1/s1. The Hall–Kier alpha value is -3.72. The molecule has 2 aromatic rings. The highest BCUT2D eigenvalue weighted by molar-refractivity contribution is 5.94. The average molecular weight is 469 g/mol. The number of rotatable bonds is 12.